The van der Waals surface area contributed by atoms with Crippen LogP contribution in [0.1, 0.15) is 17.0 Å². The van der Waals surface area contributed by atoms with E-state index in [4.69, 9.17) is 11.6 Å². The molecule has 0 bridgehead atoms. The first-order valence-electron chi connectivity index (χ1n) is 6.27. The molecule has 0 aliphatic carbocycles. The lowest BCUT2D eigenvalue weighted by atomic mass is 10.2. The van der Waals surface area contributed by atoms with Crippen LogP contribution in [0.4, 0.5) is 4.39 Å². The molecule has 3 nitrogen and oxygen atoms in total. The summed E-state index contributed by atoms with van der Waals surface area (Å²) in [6, 6.07) is 6.96. The first-order valence-corrected chi connectivity index (χ1v) is 6.80. The Hall–Kier alpha value is -1.94. The lowest BCUT2D eigenvalue weighted by molar-refractivity contribution is 0.616. The highest BCUT2D eigenvalue weighted by molar-refractivity contribution is 6.17. The van der Waals surface area contributed by atoms with Crippen LogP contribution in [0.3, 0.4) is 0 Å². The van der Waals surface area contributed by atoms with Gasteiger partial charge in [-0.25, -0.2) is 14.4 Å². The molecule has 0 fully saturated rings. The van der Waals surface area contributed by atoms with Crippen molar-refractivity contribution in [2.75, 3.05) is 0 Å². The number of nitrogens with zero attached hydrogens (tertiary/aromatic N) is 3. The molecule has 2 aromatic heterocycles. The Labute approximate surface area is 121 Å². The highest BCUT2D eigenvalue weighted by Gasteiger charge is 2.16. The lowest BCUT2D eigenvalue weighted by Crippen LogP contribution is -2.03. The predicted octanol–water partition coefficient (Wildman–Crippen LogP) is 3.92. The van der Waals surface area contributed by atoms with Gasteiger partial charge in [0.05, 0.1) is 11.6 Å². The summed E-state index contributed by atoms with van der Waals surface area (Å²) in [6.45, 7) is 3.80. The van der Waals surface area contributed by atoms with Gasteiger partial charge in [0.15, 0.2) is 5.65 Å². The van der Waals surface area contributed by atoms with Crippen molar-refractivity contribution in [1.29, 1.82) is 0 Å². The zero-order chi connectivity index (χ0) is 14.3. The second kappa shape index (κ2) is 4.87. The second-order valence-electron chi connectivity index (χ2n) is 4.75. The van der Waals surface area contributed by atoms with Crippen LogP contribution in [-0.4, -0.2) is 14.5 Å². The minimum absolute atomic E-state index is 0.198. The van der Waals surface area contributed by atoms with Gasteiger partial charge in [-0.2, -0.15) is 0 Å². The number of pyridine rings is 1. The molecule has 0 saturated carbocycles. The second-order valence-corrected chi connectivity index (χ2v) is 5.02. The summed E-state index contributed by atoms with van der Waals surface area (Å²) in [7, 11) is 0. The van der Waals surface area contributed by atoms with E-state index in [1.165, 1.54) is 6.07 Å². The van der Waals surface area contributed by atoms with Gasteiger partial charge in [0.1, 0.15) is 17.2 Å². The molecule has 0 atom stereocenters. The normalized spacial score (nSPS) is 11.2. The third-order valence-electron chi connectivity index (χ3n) is 3.28. The molecule has 0 N–H and O–H groups in total. The molecule has 0 unspecified atom stereocenters. The Bertz CT molecular complexity index is 795. The zero-order valence-corrected chi connectivity index (χ0v) is 11.9. The monoisotopic (exact) mass is 289 g/mol. The summed E-state index contributed by atoms with van der Waals surface area (Å²) in [6.07, 6.45) is 1.69. The van der Waals surface area contributed by atoms with Crippen molar-refractivity contribution in [3.63, 3.8) is 0 Å². The van der Waals surface area contributed by atoms with Crippen molar-refractivity contribution in [1.82, 2.24) is 14.5 Å². The van der Waals surface area contributed by atoms with Crippen molar-refractivity contribution in [2.24, 2.45) is 0 Å². The molecule has 0 saturated heterocycles. The number of alkyl halides is 1. The topological polar surface area (TPSA) is 30.7 Å². The number of halogens is 2. The largest absolute Gasteiger partial charge is 0.277 e. The Morgan fingerprint density at radius 3 is 2.75 bits per heavy atom. The molecule has 3 aromatic rings. The van der Waals surface area contributed by atoms with Gasteiger partial charge in [-0.1, -0.05) is 6.07 Å². The van der Waals surface area contributed by atoms with Gasteiger partial charge in [0.2, 0.25) is 0 Å². The zero-order valence-electron chi connectivity index (χ0n) is 11.2. The van der Waals surface area contributed by atoms with E-state index in [9.17, 15) is 4.39 Å². The van der Waals surface area contributed by atoms with Crippen LogP contribution in [-0.2, 0) is 5.88 Å². The first-order chi connectivity index (χ1) is 9.61. The summed E-state index contributed by atoms with van der Waals surface area (Å²) in [5, 5.41) is 0. The number of aromatic nitrogens is 3. The Kier molecular flexibility index (Phi) is 3.18. The summed E-state index contributed by atoms with van der Waals surface area (Å²) in [4.78, 5) is 8.80. The summed E-state index contributed by atoms with van der Waals surface area (Å²) >= 11 is 5.96. The quantitative estimate of drug-likeness (QED) is 0.670. The Morgan fingerprint density at radius 1 is 1.25 bits per heavy atom. The number of hydrogen-bond donors (Lipinski definition) is 0. The molecule has 5 heteroatoms. The molecular formula is C15H13ClFN3. The molecule has 102 valence electrons. The number of imidazole rings is 1. The summed E-state index contributed by atoms with van der Waals surface area (Å²) < 4.78 is 15.9. The van der Waals surface area contributed by atoms with Gasteiger partial charge in [-0.05, 0) is 43.2 Å². The van der Waals surface area contributed by atoms with E-state index >= 15 is 0 Å². The van der Waals surface area contributed by atoms with E-state index < -0.39 is 0 Å². The minimum atomic E-state index is -0.307. The molecule has 3 rings (SSSR count). The average Bonchev–Trinajstić information content (AvgIpc) is 2.79. The predicted molar refractivity (Wildman–Crippen MR) is 77.9 cm³/mol. The molecule has 0 spiro atoms. The fourth-order valence-electron chi connectivity index (χ4n) is 2.28. The molecule has 0 aliphatic heterocycles. The van der Waals surface area contributed by atoms with Gasteiger partial charge in [0.25, 0.3) is 0 Å². The van der Waals surface area contributed by atoms with E-state index in [2.05, 4.69) is 9.97 Å². The van der Waals surface area contributed by atoms with Crippen molar-refractivity contribution in [3.8, 4) is 5.69 Å². The molecule has 2 heterocycles. The van der Waals surface area contributed by atoms with Crippen molar-refractivity contribution < 1.29 is 4.39 Å². The molecule has 0 aliphatic rings. The van der Waals surface area contributed by atoms with Gasteiger partial charge in [-0.15, -0.1) is 11.6 Å². The lowest BCUT2D eigenvalue weighted by Gasteiger charge is -2.09. The van der Waals surface area contributed by atoms with Gasteiger partial charge in [-0.3, -0.25) is 4.57 Å². The van der Waals surface area contributed by atoms with E-state index in [0.717, 1.165) is 16.6 Å². The van der Waals surface area contributed by atoms with E-state index in [0.29, 0.717) is 17.2 Å². The first kappa shape index (κ1) is 13.1. The summed E-state index contributed by atoms with van der Waals surface area (Å²) in [5.74, 6) is 0.480. The number of benzene rings is 1. The van der Waals surface area contributed by atoms with Crippen molar-refractivity contribution in [2.45, 2.75) is 19.7 Å². The third-order valence-corrected chi connectivity index (χ3v) is 3.52. The van der Waals surface area contributed by atoms with Gasteiger partial charge >= 0.3 is 0 Å². The number of fused-ring (bicyclic) bond motifs is 1. The third kappa shape index (κ3) is 1.96. The maximum Gasteiger partial charge on any atom is 0.165 e. The van der Waals surface area contributed by atoms with E-state index in [1.54, 1.807) is 16.8 Å². The SMILES string of the molecule is Cc1ccc(-n2c(CCl)nc3c(C)ccnc32)c(F)c1. The van der Waals surface area contributed by atoms with Gasteiger partial charge in [0, 0.05) is 6.20 Å². The van der Waals surface area contributed by atoms with E-state index in [1.807, 2.05) is 26.0 Å². The van der Waals surface area contributed by atoms with E-state index in [-0.39, 0.29) is 11.7 Å². The average molecular weight is 290 g/mol. The number of aryl methyl sites for hydroxylation is 2. The summed E-state index contributed by atoms with van der Waals surface area (Å²) in [5.41, 5.74) is 3.67. The maximum absolute atomic E-state index is 14.2. The molecule has 0 amide bonds. The van der Waals surface area contributed by atoms with Crippen LogP contribution >= 0.6 is 11.6 Å². The van der Waals surface area contributed by atoms with Crippen LogP contribution in [0.25, 0.3) is 16.9 Å². The number of hydrogen-bond acceptors (Lipinski definition) is 2. The standard InChI is InChI=1S/C15H13ClFN3/c1-9-3-4-12(11(17)7-9)20-13(8-16)19-14-10(2)5-6-18-15(14)20/h3-7H,8H2,1-2H3. The van der Waals surface area contributed by atoms with Crippen molar-refractivity contribution in [3.05, 3.63) is 53.2 Å². The Morgan fingerprint density at radius 2 is 2.05 bits per heavy atom. The molecule has 1 aromatic carbocycles. The smallest absolute Gasteiger partial charge is 0.165 e. The minimum Gasteiger partial charge on any atom is -0.277 e. The fraction of sp³-hybridized carbons (Fsp3) is 0.200. The highest BCUT2D eigenvalue weighted by Crippen LogP contribution is 2.25. The molecule has 20 heavy (non-hydrogen) atoms. The molecule has 0 radical (unpaired) electrons. The number of rotatable bonds is 2. The Balaban J connectivity index is 2.37. The van der Waals surface area contributed by atoms with Crippen LogP contribution in [0, 0.1) is 19.7 Å². The van der Waals surface area contributed by atoms with Crippen molar-refractivity contribution >= 4 is 22.8 Å². The van der Waals surface area contributed by atoms with Crippen LogP contribution in [0.15, 0.2) is 30.5 Å². The fourth-order valence-corrected chi connectivity index (χ4v) is 2.45. The maximum atomic E-state index is 14.2. The van der Waals surface area contributed by atoms with Crippen LogP contribution in [0.5, 0.6) is 0 Å². The van der Waals surface area contributed by atoms with Gasteiger partial charge < -0.3 is 0 Å². The molecular weight excluding hydrogens is 277 g/mol. The highest BCUT2D eigenvalue weighted by atomic mass is 35.5. The van der Waals surface area contributed by atoms with Crippen LogP contribution in [0.2, 0.25) is 0 Å². The van der Waals surface area contributed by atoms with Crippen LogP contribution < -0.4 is 0 Å².